The molecule has 3 saturated heterocycles. The van der Waals surface area contributed by atoms with Gasteiger partial charge in [-0.15, -0.1) is 10.2 Å². The van der Waals surface area contributed by atoms with Crippen molar-refractivity contribution in [3.63, 3.8) is 0 Å². The monoisotopic (exact) mass is 1580 g/mol. The molecule has 3 unspecified atom stereocenters. The van der Waals surface area contributed by atoms with Gasteiger partial charge in [-0.25, -0.2) is 19.6 Å². The lowest BCUT2D eigenvalue weighted by Gasteiger charge is -2.38. The van der Waals surface area contributed by atoms with Gasteiger partial charge < -0.3 is 57.3 Å². The Balaban J connectivity index is 0.000000188. The molecule has 0 amide bonds. The fraction of sp³-hybridized carbons (Fsp3) is 0.625. The number of H-pyrrole nitrogens is 1. The Morgan fingerprint density at radius 1 is 0.423 bits per heavy atom. The van der Waals surface area contributed by atoms with Crippen LogP contribution in [0.5, 0.6) is 17.6 Å². The lowest BCUT2D eigenvalue weighted by molar-refractivity contribution is -0.150. The highest BCUT2D eigenvalue weighted by molar-refractivity contribution is 9.09. The van der Waals surface area contributed by atoms with Crippen molar-refractivity contribution in [2.45, 2.75) is 133 Å². The van der Waals surface area contributed by atoms with Crippen LogP contribution in [0.3, 0.4) is 0 Å². The number of rotatable bonds is 20. The van der Waals surface area contributed by atoms with Gasteiger partial charge >= 0.3 is 37.1 Å². The zero-order valence-electron chi connectivity index (χ0n) is 55.7. The predicted octanol–water partition coefficient (Wildman–Crippen LogP) is 14.2. The summed E-state index contributed by atoms with van der Waals surface area (Å²) in [6, 6.07) is 9.56. The van der Waals surface area contributed by atoms with Crippen LogP contribution in [0.1, 0.15) is 79.7 Å². The van der Waals surface area contributed by atoms with Crippen LogP contribution in [0.25, 0.3) is 0 Å². The van der Waals surface area contributed by atoms with E-state index in [1.807, 2.05) is 19.8 Å². The summed E-state index contributed by atoms with van der Waals surface area (Å²) < 4.78 is 283. The highest BCUT2D eigenvalue weighted by atomic mass is 79.9. The summed E-state index contributed by atoms with van der Waals surface area (Å²) in [6.07, 6.45) is -22.8. The van der Waals surface area contributed by atoms with Crippen LogP contribution in [0.2, 0.25) is 0 Å². The number of hydrogen-bond donors (Lipinski definition) is 1. The molecule has 6 fully saturated rings. The number of fused-ring (bicyclic) bond motifs is 6. The average molecular weight is 1580 g/mol. The Morgan fingerprint density at radius 3 is 1.07 bits per heavy atom. The van der Waals surface area contributed by atoms with Gasteiger partial charge in [0.25, 0.3) is 0 Å². The molecule has 6 aromatic rings. The number of methoxy groups -OCH3 is 6. The van der Waals surface area contributed by atoms with E-state index in [0.29, 0.717) is 56.7 Å². The number of halogens is 19. The second-order valence-electron chi connectivity index (χ2n) is 25.0. The molecule has 104 heavy (non-hydrogen) atoms. The van der Waals surface area contributed by atoms with Crippen LogP contribution in [-0.4, -0.2) is 169 Å². The Labute approximate surface area is 593 Å². The first-order chi connectivity index (χ1) is 48.4. The molecule has 1 N–H and O–H groups in total. The third-order valence-electron chi connectivity index (χ3n) is 18.5. The maximum absolute atomic E-state index is 13.5. The lowest BCUT2D eigenvalue weighted by atomic mass is 9.94. The van der Waals surface area contributed by atoms with Crippen molar-refractivity contribution < 1.29 is 122 Å². The van der Waals surface area contributed by atoms with Gasteiger partial charge in [-0.05, 0) is 74.9 Å². The summed E-state index contributed by atoms with van der Waals surface area (Å²) >= 11 is 3.19. The highest BCUT2D eigenvalue weighted by Crippen LogP contribution is 2.46. The van der Waals surface area contributed by atoms with Crippen molar-refractivity contribution in [3.05, 3.63) is 107 Å². The van der Waals surface area contributed by atoms with Crippen molar-refractivity contribution in [1.29, 1.82) is 0 Å². The van der Waals surface area contributed by atoms with E-state index in [-0.39, 0.29) is 98.3 Å². The Kier molecular flexibility index (Phi) is 27.1. The zero-order valence-corrected chi connectivity index (χ0v) is 57.3. The molecule has 40 heteroatoms. The third-order valence-corrected chi connectivity index (χ3v) is 19.0. The maximum Gasteiger partial charge on any atom is 0.435 e. The van der Waals surface area contributed by atoms with Gasteiger partial charge in [0, 0.05) is 154 Å². The molecule has 3 aliphatic heterocycles. The number of nitrogens with zero attached hydrogens (tertiary/aromatic N) is 11. The predicted molar refractivity (Wildman–Crippen MR) is 338 cm³/mol. The first kappa shape index (κ1) is 82.5. The molecule has 6 aromatic heterocycles. The number of aromatic nitrogens is 9. The van der Waals surface area contributed by atoms with Crippen LogP contribution in [0.4, 0.5) is 96.5 Å². The molecule has 9 atom stereocenters. The minimum absolute atomic E-state index is 0. The number of anilines is 3. The van der Waals surface area contributed by atoms with Crippen molar-refractivity contribution in [2.75, 3.05) is 102 Å². The summed E-state index contributed by atoms with van der Waals surface area (Å²) in [4.78, 5) is 17.5. The number of hydrogen-bond acceptors (Lipinski definition) is 18. The first-order valence-corrected chi connectivity index (χ1v) is 33.1. The fourth-order valence-electron chi connectivity index (χ4n) is 13.4. The summed E-state index contributed by atoms with van der Waals surface area (Å²) in [7, 11) is 8.59. The van der Waals surface area contributed by atoms with E-state index in [4.69, 9.17) is 42.6 Å². The van der Waals surface area contributed by atoms with Gasteiger partial charge in [-0.2, -0.15) is 84.1 Å². The second-order valence-corrected chi connectivity index (χ2v) is 25.7. The molecule has 12 rings (SSSR count). The van der Waals surface area contributed by atoms with E-state index in [2.05, 4.69) is 46.2 Å². The largest absolute Gasteiger partial charge is 0.474 e. The number of ether oxygens (including phenoxy) is 9. The molecule has 9 heterocycles. The number of piperidine rings is 3. The molecule has 6 aliphatic rings. The molecule has 3 aliphatic carbocycles. The van der Waals surface area contributed by atoms with Gasteiger partial charge in [0.1, 0.15) is 47.2 Å². The van der Waals surface area contributed by atoms with Crippen LogP contribution in [-0.2, 0) is 78.6 Å². The van der Waals surface area contributed by atoms with Gasteiger partial charge in [-0.3, -0.25) is 9.78 Å². The Morgan fingerprint density at radius 2 is 0.779 bits per heavy atom. The van der Waals surface area contributed by atoms with E-state index in [0.717, 1.165) is 108 Å². The van der Waals surface area contributed by atoms with Crippen LogP contribution >= 0.6 is 15.9 Å². The molecule has 0 aromatic carbocycles. The smallest absolute Gasteiger partial charge is 0.435 e. The Hall–Kier alpha value is -7.14. The number of aromatic amines is 1. The molecule has 21 nitrogen and oxygen atoms in total. The second kappa shape index (κ2) is 34.2. The molecular formula is C64H77BrF18N12O9. The molecule has 0 radical (unpaired) electrons. The molecule has 6 bridgehead atoms. The van der Waals surface area contributed by atoms with E-state index in [1.54, 1.807) is 14.2 Å². The van der Waals surface area contributed by atoms with Crippen molar-refractivity contribution >= 4 is 33.4 Å². The van der Waals surface area contributed by atoms with Crippen LogP contribution in [0, 0.1) is 35.5 Å². The SMILES string of the molecule is C.COC(CBr)OC.COC(Cn1nc(C(F)(F)F)cc1OC1[C@@H]2CC[C@H]1CN(c1ccc(C(F)(F)F)cn1)C2)OC.COC(Cn1nc(OC2[C@@H]3CC[C@H]2CN(c2ccc(C(F)(F)F)cn2)C3)cc1C(F)(F)F)OC.FC(F)(F)c1ccc(N2C[C@H]3CC[C@@H](C2)C3Oc2cc(C(F)(F)F)[nH]n2)nc1. The Bertz CT molecular complexity index is 3580. The number of nitrogens with one attached hydrogen (secondary N) is 1. The summed E-state index contributed by atoms with van der Waals surface area (Å²) in [5.41, 5.74) is -5.47. The van der Waals surface area contributed by atoms with Crippen molar-refractivity contribution in [2.24, 2.45) is 35.5 Å². The van der Waals surface area contributed by atoms with Gasteiger partial charge in [-0.1, -0.05) is 23.4 Å². The van der Waals surface area contributed by atoms with Gasteiger partial charge in [0.2, 0.25) is 17.6 Å². The van der Waals surface area contributed by atoms with Crippen molar-refractivity contribution in [1.82, 2.24) is 44.7 Å². The lowest BCUT2D eigenvalue weighted by Crippen LogP contribution is -2.47. The third kappa shape index (κ3) is 20.7. The fourth-order valence-corrected chi connectivity index (χ4v) is 13.9. The molecular weight excluding hydrogens is 1500 g/mol. The average Bonchev–Trinajstić information content (AvgIpc) is 1.59. The maximum atomic E-state index is 13.5. The normalized spacial score (nSPS) is 22.6. The standard InChI is InChI=1S/2C21H24F6N4O3.C17H16F6N4O.C4H9BrO2.CH4/c1-32-18(33-2)11-31-15(21(25,26)27)7-17(29-31)34-19-12-3-4-13(19)10-30(9-12)16-6-5-14(8-28-16)20(22,23)24;1-32-18(33-2)11-31-17(7-15(29-31)21(25,26)27)34-19-12-3-4-13(19)10-30(9-12)16-6-5-14(8-28-16)20(22,23)24;18-16(19,20)11-3-4-13(24-6-11)27-7-9-1-2-10(8-27)15(9)28-14-5-12(25-26-14)17(21,22)23;1-6-4(3-5)7-2;/h2*5-8,12-13,18-19H,3-4,9-11H2,1-2H3;3-6,9-10,15H,1-2,7-8H2,(H,25,26);4H,3H2,1-2H3;1H4/t2*12-,13+,19?;9-,10+,15?;;. The van der Waals surface area contributed by atoms with Gasteiger partial charge in [0.15, 0.2) is 24.6 Å². The summed E-state index contributed by atoms with van der Waals surface area (Å²) in [5, 5.41) is 13.9. The van der Waals surface area contributed by atoms with Crippen LogP contribution < -0.4 is 28.9 Å². The molecule has 3 saturated carbocycles. The number of pyridine rings is 3. The van der Waals surface area contributed by atoms with E-state index in [1.165, 1.54) is 46.6 Å². The molecule has 0 spiro atoms. The van der Waals surface area contributed by atoms with E-state index in [9.17, 15) is 79.0 Å². The topological polar surface area (TPSA) is 196 Å². The van der Waals surface area contributed by atoms with Gasteiger partial charge in [0.05, 0.1) is 35.1 Å². The van der Waals surface area contributed by atoms with E-state index < -0.39 is 83.4 Å². The summed E-state index contributed by atoms with van der Waals surface area (Å²) in [5.74, 6) is 1.01. The minimum atomic E-state index is -4.64. The van der Waals surface area contributed by atoms with Crippen molar-refractivity contribution in [3.8, 4) is 17.6 Å². The quantitative estimate of drug-likeness (QED) is 0.0430. The summed E-state index contributed by atoms with van der Waals surface area (Å²) in [6.45, 7) is 2.55. The first-order valence-electron chi connectivity index (χ1n) is 31.9. The molecule has 580 valence electrons. The minimum Gasteiger partial charge on any atom is -0.474 e. The van der Waals surface area contributed by atoms with E-state index >= 15 is 0 Å². The number of alkyl halides is 19. The van der Waals surface area contributed by atoms with Crippen LogP contribution in [0.15, 0.2) is 73.2 Å². The highest BCUT2D eigenvalue weighted by Gasteiger charge is 2.49. The zero-order chi connectivity index (χ0) is 75.1.